The van der Waals surface area contributed by atoms with Crippen molar-refractivity contribution >= 4 is 17.6 Å². The maximum atomic E-state index is 10.5. The number of nitrogens with one attached hydrogen (secondary N) is 2. The Bertz CT molecular complexity index is 753. The van der Waals surface area contributed by atoms with E-state index in [1.165, 1.54) is 0 Å². The third-order valence-electron chi connectivity index (χ3n) is 4.27. The summed E-state index contributed by atoms with van der Waals surface area (Å²) in [5.74, 6) is 1.44. The molecular weight excluding hydrogens is 390 g/mol. The van der Waals surface area contributed by atoms with Gasteiger partial charge < -0.3 is 25.2 Å². The third-order valence-corrected chi connectivity index (χ3v) is 4.61. The zero-order valence-electron chi connectivity index (χ0n) is 17.0. The topological polar surface area (TPSA) is 75.1 Å². The van der Waals surface area contributed by atoms with Crippen LogP contribution in [0.25, 0.3) is 0 Å². The molecule has 0 bridgehead atoms. The van der Waals surface area contributed by atoms with Gasteiger partial charge in [0.1, 0.15) is 5.75 Å². The number of aliphatic hydroxyl groups excluding tert-OH is 1. The van der Waals surface area contributed by atoms with Crippen LogP contribution in [-0.4, -0.2) is 44.5 Å². The van der Waals surface area contributed by atoms with E-state index in [2.05, 4.69) is 15.6 Å². The third kappa shape index (κ3) is 8.31. The number of rotatable bonds is 11. The van der Waals surface area contributed by atoms with Crippen LogP contribution in [0.4, 0.5) is 0 Å². The van der Waals surface area contributed by atoms with Crippen molar-refractivity contribution in [3.63, 3.8) is 0 Å². The summed E-state index contributed by atoms with van der Waals surface area (Å²) >= 11 is 6.17. The highest BCUT2D eigenvalue weighted by molar-refractivity contribution is 6.31. The fraction of sp³-hybridized carbons (Fsp3) is 0.409. The van der Waals surface area contributed by atoms with E-state index in [0.717, 1.165) is 24.3 Å². The van der Waals surface area contributed by atoms with Gasteiger partial charge in [0.05, 0.1) is 19.8 Å². The van der Waals surface area contributed by atoms with Gasteiger partial charge in [0.2, 0.25) is 0 Å². The molecule has 0 spiro atoms. The highest BCUT2D eigenvalue weighted by Gasteiger charge is 2.11. The van der Waals surface area contributed by atoms with Crippen LogP contribution in [0.1, 0.15) is 30.6 Å². The van der Waals surface area contributed by atoms with Gasteiger partial charge in [0, 0.05) is 36.9 Å². The number of benzene rings is 2. The van der Waals surface area contributed by atoms with Gasteiger partial charge in [-0.15, -0.1) is 0 Å². The molecule has 2 rings (SSSR count). The van der Waals surface area contributed by atoms with Crippen molar-refractivity contribution in [1.29, 1.82) is 0 Å². The molecule has 0 aromatic heterocycles. The van der Waals surface area contributed by atoms with Gasteiger partial charge in [-0.25, -0.2) is 4.99 Å². The van der Waals surface area contributed by atoms with Crippen molar-refractivity contribution < 1.29 is 14.6 Å². The van der Waals surface area contributed by atoms with Gasteiger partial charge in [-0.1, -0.05) is 41.9 Å². The van der Waals surface area contributed by atoms with Crippen LogP contribution in [0.5, 0.6) is 5.75 Å². The van der Waals surface area contributed by atoms with E-state index in [4.69, 9.17) is 21.1 Å². The molecule has 0 amide bonds. The van der Waals surface area contributed by atoms with Gasteiger partial charge >= 0.3 is 0 Å². The average Bonchev–Trinajstić information content (AvgIpc) is 2.75. The number of halogens is 1. The van der Waals surface area contributed by atoms with Crippen molar-refractivity contribution in [3.05, 3.63) is 64.7 Å². The molecule has 0 aliphatic rings. The van der Waals surface area contributed by atoms with Crippen LogP contribution in [-0.2, 0) is 11.3 Å². The molecule has 0 aliphatic carbocycles. The Morgan fingerprint density at radius 2 is 1.90 bits per heavy atom. The van der Waals surface area contributed by atoms with Gasteiger partial charge in [0.25, 0.3) is 0 Å². The van der Waals surface area contributed by atoms with Gasteiger partial charge in [0.15, 0.2) is 5.96 Å². The lowest BCUT2D eigenvalue weighted by Crippen LogP contribution is -2.40. The standard InChI is InChI=1S/C22H30ClN3O3/c1-3-29-14-6-13-24-22(25-15-17-9-11-18(28-2)12-10-17)26-16-21(27)19-7-4-5-8-20(19)23/h4-5,7-12,21,27H,3,6,13-16H2,1-2H3,(H2,24,25,26). The second-order valence-electron chi connectivity index (χ2n) is 6.41. The lowest BCUT2D eigenvalue weighted by atomic mass is 10.1. The predicted molar refractivity (Wildman–Crippen MR) is 118 cm³/mol. The molecule has 0 saturated heterocycles. The number of guanidine groups is 1. The minimum Gasteiger partial charge on any atom is -0.497 e. The number of hydrogen-bond acceptors (Lipinski definition) is 4. The number of hydrogen-bond donors (Lipinski definition) is 3. The van der Waals surface area contributed by atoms with Crippen LogP contribution in [0.15, 0.2) is 53.5 Å². The second-order valence-corrected chi connectivity index (χ2v) is 6.82. The summed E-state index contributed by atoms with van der Waals surface area (Å²) in [4.78, 5) is 4.62. The van der Waals surface area contributed by atoms with Crippen LogP contribution < -0.4 is 15.4 Å². The average molecular weight is 420 g/mol. The Labute approximate surface area is 177 Å². The smallest absolute Gasteiger partial charge is 0.191 e. The molecule has 1 atom stereocenters. The first-order valence-electron chi connectivity index (χ1n) is 9.79. The van der Waals surface area contributed by atoms with Crippen LogP contribution in [0.2, 0.25) is 5.02 Å². The summed E-state index contributed by atoms with van der Waals surface area (Å²) < 4.78 is 10.6. The van der Waals surface area contributed by atoms with Crippen molar-refractivity contribution in [2.45, 2.75) is 26.0 Å². The van der Waals surface area contributed by atoms with Gasteiger partial charge in [-0.2, -0.15) is 0 Å². The summed E-state index contributed by atoms with van der Waals surface area (Å²) in [7, 11) is 1.64. The van der Waals surface area contributed by atoms with Gasteiger partial charge in [-0.05, 0) is 37.1 Å². The van der Waals surface area contributed by atoms with E-state index in [0.29, 0.717) is 42.8 Å². The molecule has 7 heteroatoms. The molecule has 0 heterocycles. The number of aliphatic imine (C=N–C) groups is 1. The van der Waals surface area contributed by atoms with Gasteiger partial charge in [-0.3, -0.25) is 0 Å². The molecule has 2 aromatic rings. The summed E-state index contributed by atoms with van der Waals surface area (Å²) in [6.45, 7) is 4.90. The molecule has 0 fully saturated rings. The maximum Gasteiger partial charge on any atom is 0.191 e. The fourth-order valence-electron chi connectivity index (χ4n) is 2.65. The molecule has 0 aliphatic heterocycles. The maximum absolute atomic E-state index is 10.5. The minimum atomic E-state index is -0.736. The highest BCUT2D eigenvalue weighted by atomic mass is 35.5. The normalized spacial score (nSPS) is 12.5. The molecule has 0 saturated carbocycles. The van der Waals surface area contributed by atoms with E-state index in [1.54, 1.807) is 13.2 Å². The first-order valence-corrected chi connectivity index (χ1v) is 10.2. The van der Waals surface area contributed by atoms with E-state index in [-0.39, 0.29) is 0 Å². The Morgan fingerprint density at radius 1 is 1.14 bits per heavy atom. The van der Waals surface area contributed by atoms with Crippen molar-refractivity contribution in [3.8, 4) is 5.75 Å². The monoisotopic (exact) mass is 419 g/mol. The summed E-state index contributed by atoms with van der Waals surface area (Å²) in [6, 6.07) is 15.1. The van der Waals surface area contributed by atoms with E-state index in [1.807, 2.05) is 49.4 Å². The van der Waals surface area contributed by atoms with Crippen molar-refractivity contribution in [2.75, 3.05) is 33.4 Å². The molecule has 1 unspecified atom stereocenters. The van der Waals surface area contributed by atoms with Crippen molar-refractivity contribution in [2.24, 2.45) is 4.99 Å². The Balaban J connectivity index is 1.96. The zero-order chi connectivity index (χ0) is 20.9. The van der Waals surface area contributed by atoms with E-state index in [9.17, 15) is 5.11 Å². The largest absolute Gasteiger partial charge is 0.497 e. The predicted octanol–water partition coefficient (Wildman–Crippen LogP) is 3.54. The molecular formula is C22H30ClN3O3. The van der Waals surface area contributed by atoms with Crippen molar-refractivity contribution in [1.82, 2.24) is 10.6 Å². The SMILES string of the molecule is CCOCCCNC(=NCc1ccc(OC)cc1)NCC(O)c1ccccc1Cl. The number of aliphatic hydroxyl groups is 1. The molecule has 29 heavy (non-hydrogen) atoms. The summed E-state index contributed by atoms with van der Waals surface area (Å²) in [5.41, 5.74) is 1.75. The number of methoxy groups -OCH3 is 1. The van der Waals surface area contributed by atoms with E-state index >= 15 is 0 Å². The van der Waals surface area contributed by atoms with Crippen LogP contribution in [0.3, 0.4) is 0 Å². The summed E-state index contributed by atoms with van der Waals surface area (Å²) in [5, 5.41) is 17.5. The fourth-order valence-corrected chi connectivity index (χ4v) is 2.91. The van der Waals surface area contributed by atoms with E-state index < -0.39 is 6.10 Å². The highest BCUT2D eigenvalue weighted by Crippen LogP contribution is 2.21. The quantitative estimate of drug-likeness (QED) is 0.295. The second kappa shape index (κ2) is 13.0. The first kappa shape index (κ1) is 23.0. The molecule has 3 N–H and O–H groups in total. The molecule has 2 aromatic carbocycles. The Kier molecular flexibility index (Phi) is 10.3. The van der Waals surface area contributed by atoms with Crippen LogP contribution >= 0.6 is 11.6 Å². The Morgan fingerprint density at radius 3 is 2.59 bits per heavy atom. The minimum absolute atomic E-state index is 0.295. The lowest BCUT2D eigenvalue weighted by molar-refractivity contribution is 0.145. The summed E-state index contributed by atoms with van der Waals surface area (Å²) in [6.07, 6.45) is 0.129. The lowest BCUT2D eigenvalue weighted by Gasteiger charge is -2.17. The number of ether oxygens (including phenoxy) is 2. The first-order chi connectivity index (χ1) is 14.1. The Hall–Kier alpha value is -2.28. The molecule has 6 nitrogen and oxygen atoms in total. The molecule has 0 radical (unpaired) electrons. The zero-order valence-corrected chi connectivity index (χ0v) is 17.8. The number of nitrogens with zero attached hydrogens (tertiary/aromatic N) is 1. The molecule has 158 valence electrons. The van der Waals surface area contributed by atoms with Crippen LogP contribution in [0, 0.1) is 0 Å².